The summed E-state index contributed by atoms with van der Waals surface area (Å²) in [5.74, 6) is 0.304. The van der Waals surface area contributed by atoms with Crippen LogP contribution in [-0.2, 0) is 0 Å². The predicted octanol–water partition coefficient (Wildman–Crippen LogP) is 0.460. The smallest absolute Gasteiger partial charge is 0.0635 e. The van der Waals surface area contributed by atoms with Gasteiger partial charge in [0.25, 0.3) is 0 Å². The molecule has 11 heavy (non-hydrogen) atoms. The molecule has 3 heteroatoms. The number of aliphatic hydroxyl groups is 1. The highest BCUT2D eigenvalue weighted by molar-refractivity contribution is 4.71. The van der Waals surface area contributed by atoms with Gasteiger partial charge < -0.3 is 10.0 Å². The summed E-state index contributed by atoms with van der Waals surface area (Å²) in [5, 5.41) is 17.0. The van der Waals surface area contributed by atoms with E-state index in [0.29, 0.717) is 12.3 Å². The zero-order chi connectivity index (χ0) is 8.69. The molecule has 3 nitrogen and oxygen atoms in total. The largest absolute Gasteiger partial charge is 0.396 e. The Morgan fingerprint density at radius 1 is 1.64 bits per heavy atom. The van der Waals surface area contributed by atoms with E-state index in [-0.39, 0.29) is 6.61 Å². The lowest BCUT2D eigenvalue weighted by molar-refractivity contribution is 0.192. The maximum atomic E-state index is 8.72. The van der Waals surface area contributed by atoms with Gasteiger partial charge in [-0.05, 0) is 13.0 Å². The van der Waals surface area contributed by atoms with Crippen LogP contribution in [0.25, 0.3) is 0 Å². The second-order valence-corrected chi connectivity index (χ2v) is 2.96. The van der Waals surface area contributed by atoms with E-state index in [1.54, 1.807) is 0 Å². The third-order valence-corrected chi connectivity index (χ3v) is 1.54. The Kier molecular flexibility index (Phi) is 5.81. The van der Waals surface area contributed by atoms with Crippen molar-refractivity contribution in [1.82, 2.24) is 4.90 Å². The van der Waals surface area contributed by atoms with Gasteiger partial charge in [-0.1, -0.05) is 6.92 Å². The monoisotopic (exact) mass is 156 g/mol. The van der Waals surface area contributed by atoms with Crippen molar-refractivity contribution in [3.05, 3.63) is 0 Å². The van der Waals surface area contributed by atoms with Crippen LogP contribution in [0.5, 0.6) is 0 Å². The summed E-state index contributed by atoms with van der Waals surface area (Å²) in [6.45, 7) is 3.86. The molecule has 0 aliphatic carbocycles. The first-order chi connectivity index (χ1) is 5.20. The third kappa shape index (κ3) is 5.84. The van der Waals surface area contributed by atoms with Crippen LogP contribution in [0.2, 0.25) is 0 Å². The molecule has 0 saturated carbocycles. The van der Waals surface area contributed by atoms with Gasteiger partial charge >= 0.3 is 0 Å². The van der Waals surface area contributed by atoms with Crippen LogP contribution >= 0.6 is 0 Å². The molecule has 0 aliphatic rings. The Bertz CT molecular complexity index is 131. The first-order valence-corrected chi connectivity index (χ1v) is 3.87. The van der Waals surface area contributed by atoms with Crippen LogP contribution in [0.4, 0.5) is 0 Å². The van der Waals surface area contributed by atoms with E-state index in [1.165, 1.54) is 0 Å². The minimum Gasteiger partial charge on any atom is -0.396 e. The van der Waals surface area contributed by atoms with Crippen LogP contribution in [0.15, 0.2) is 0 Å². The van der Waals surface area contributed by atoms with Gasteiger partial charge in [0, 0.05) is 26.1 Å². The first-order valence-electron chi connectivity index (χ1n) is 3.87. The Balaban J connectivity index is 3.37. The summed E-state index contributed by atoms with van der Waals surface area (Å²) in [5.41, 5.74) is 0. The van der Waals surface area contributed by atoms with E-state index in [9.17, 15) is 0 Å². The molecule has 1 atom stereocenters. The average Bonchev–Trinajstić information content (AvgIpc) is 2.00. The van der Waals surface area contributed by atoms with Gasteiger partial charge in [0.1, 0.15) is 0 Å². The number of nitrogens with zero attached hydrogens (tertiary/aromatic N) is 2. The van der Waals surface area contributed by atoms with Crippen molar-refractivity contribution in [3.63, 3.8) is 0 Å². The Hall–Kier alpha value is -0.590. The van der Waals surface area contributed by atoms with E-state index in [2.05, 4.69) is 11.0 Å². The van der Waals surface area contributed by atoms with E-state index < -0.39 is 0 Å². The zero-order valence-electron chi connectivity index (χ0n) is 7.25. The van der Waals surface area contributed by atoms with Crippen LogP contribution in [0.1, 0.15) is 13.3 Å². The minimum atomic E-state index is 0.219. The Morgan fingerprint density at radius 3 is 2.73 bits per heavy atom. The van der Waals surface area contributed by atoms with Gasteiger partial charge in [-0.3, -0.25) is 0 Å². The van der Waals surface area contributed by atoms with Gasteiger partial charge in [0.15, 0.2) is 0 Å². The number of hydrogen-bond acceptors (Lipinski definition) is 3. The Morgan fingerprint density at radius 2 is 2.27 bits per heavy atom. The molecule has 0 radical (unpaired) electrons. The van der Waals surface area contributed by atoms with E-state index in [4.69, 9.17) is 10.4 Å². The van der Waals surface area contributed by atoms with Gasteiger partial charge in [0.2, 0.25) is 0 Å². The van der Waals surface area contributed by atoms with Crippen molar-refractivity contribution < 1.29 is 5.11 Å². The number of nitriles is 1. The molecule has 0 heterocycles. The predicted molar refractivity (Wildman–Crippen MR) is 44.0 cm³/mol. The summed E-state index contributed by atoms with van der Waals surface area (Å²) in [4.78, 5) is 2.06. The minimum absolute atomic E-state index is 0.219. The van der Waals surface area contributed by atoms with Crippen molar-refractivity contribution in [3.8, 4) is 6.07 Å². The van der Waals surface area contributed by atoms with Crippen molar-refractivity contribution in [2.24, 2.45) is 5.92 Å². The molecule has 0 aliphatic heterocycles. The maximum absolute atomic E-state index is 8.72. The van der Waals surface area contributed by atoms with E-state index in [1.807, 2.05) is 14.0 Å². The third-order valence-electron chi connectivity index (χ3n) is 1.54. The molecule has 0 spiro atoms. The summed E-state index contributed by atoms with van der Waals surface area (Å²) >= 11 is 0. The highest BCUT2D eigenvalue weighted by atomic mass is 16.3. The topological polar surface area (TPSA) is 47.3 Å². The molecule has 0 rings (SSSR count). The molecule has 0 amide bonds. The SMILES string of the molecule is CC(CO)CN(C)CCC#N. The fourth-order valence-corrected chi connectivity index (χ4v) is 0.922. The lowest BCUT2D eigenvalue weighted by atomic mass is 10.2. The van der Waals surface area contributed by atoms with E-state index >= 15 is 0 Å². The summed E-state index contributed by atoms with van der Waals surface area (Å²) < 4.78 is 0. The van der Waals surface area contributed by atoms with E-state index in [0.717, 1.165) is 13.1 Å². The molecular formula is C8H16N2O. The lowest BCUT2D eigenvalue weighted by Gasteiger charge is -2.18. The van der Waals surface area contributed by atoms with Gasteiger partial charge in [-0.2, -0.15) is 5.26 Å². The quantitative estimate of drug-likeness (QED) is 0.629. The molecule has 0 aromatic carbocycles. The molecule has 0 bridgehead atoms. The van der Waals surface area contributed by atoms with Crippen molar-refractivity contribution in [1.29, 1.82) is 5.26 Å². The van der Waals surface area contributed by atoms with Crippen LogP contribution < -0.4 is 0 Å². The highest BCUT2D eigenvalue weighted by Crippen LogP contribution is 1.96. The molecular weight excluding hydrogens is 140 g/mol. The number of hydrogen-bond donors (Lipinski definition) is 1. The van der Waals surface area contributed by atoms with Crippen LogP contribution in [0.3, 0.4) is 0 Å². The molecule has 0 aromatic rings. The zero-order valence-corrected chi connectivity index (χ0v) is 7.25. The van der Waals surface area contributed by atoms with Crippen molar-refractivity contribution in [2.45, 2.75) is 13.3 Å². The fourth-order valence-electron chi connectivity index (χ4n) is 0.922. The number of aliphatic hydroxyl groups excluding tert-OH is 1. The molecule has 1 N–H and O–H groups in total. The summed E-state index contributed by atoms with van der Waals surface area (Å²) in [6, 6.07) is 2.09. The molecule has 0 aromatic heterocycles. The second kappa shape index (κ2) is 6.14. The molecule has 1 unspecified atom stereocenters. The maximum Gasteiger partial charge on any atom is 0.0635 e. The fraction of sp³-hybridized carbons (Fsp3) is 0.875. The summed E-state index contributed by atoms with van der Waals surface area (Å²) in [6.07, 6.45) is 0.564. The lowest BCUT2D eigenvalue weighted by Crippen LogP contribution is -2.26. The standard InChI is InChI=1S/C8H16N2O/c1-8(7-11)6-10(2)5-3-4-9/h8,11H,3,5-7H2,1-2H3. The molecule has 0 saturated heterocycles. The van der Waals surface area contributed by atoms with Gasteiger partial charge in [-0.25, -0.2) is 0 Å². The van der Waals surface area contributed by atoms with Gasteiger partial charge in [-0.15, -0.1) is 0 Å². The molecule has 64 valence electrons. The highest BCUT2D eigenvalue weighted by Gasteiger charge is 2.03. The second-order valence-electron chi connectivity index (χ2n) is 2.96. The van der Waals surface area contributed by atoms with Gasteiger partial charge in [0.05, 0.1) is 6.07 Å². The first kappa shape index (κ1) is 10.4. The van der Waals surface area contributed by atoms with Crippen molar-refractivity contribution >= 4 is 0 Å². The van der Waals surface area contributed by atoms with Crippen molar-refractivity contribution in [2.75, 3.05) is 26.7 Å². The Labute approximate surface area is 68.2 Å². The van der Waals surface area contributed by atoms with Crippen LogP contribution in [-0.4, -0.2) is 36.8 Å². The molecule has 0 fully saturated rings. The van der Waals surface area contributed by atoms with Crippen LogP contribution in [0, 0.1) is 17.2 Å². The average molecular weight is 156 g/mol. The normalized spacial score (nSPS) is 13.0. The summed E-state index contributed by atoms with van der Waals surface area (Å²) in [7, 11) is 1.96. The number of rotatable bonds is 5.